The molecule has 1 aromatic heterocycles. The van der Waals surface area contributed by atoms with Crippen LogP contribution in [-0.4, -0.2) is 33.4 Å². The molecule has 8 heteroatoms. The highest BCUT2D eigenvalue weighted by Gasteiger charge is 2.39. The van der Waals surface area contributed by atoms with Crippen LogP contribution in [0.1, 0.15) is 45.8 Å². The molecule has 1 fully saturated rings. The summed E-state index contributed by atoms with van der Waals surface area (Å²) in [4.78, 5) is 30.1. The Balaban J connectivity index is 0.00000182. The average Bonchev–Trinajstić information content (AvgIpc) is 3.13. The molecule has 1 aliphatic heterocycles. The highest BCUT2D eigenvalue weighted by atomic mass is 35.5. The maximum atomic E-state index is 12.4. The third kappa shape index (κ3) is 2.56. The smallest absolute Gasteiger partial charge is 0.261 e. The van der Waals surface area contributed by atoms with Gasteiger partial charge in [0.1, 0.15) is 0 Å². The Morgan fingerprint density at radius 3 is 2.64 bits per heavy atom. The standard InChI is InChI=1S/C17H16N4O3.ClH/c1-2-8-21-14(22)11-5-4-10(9-12(11)15(21)23)13-19-16(20-24-13)17(18)6-3-7-17;/h2,4-5,9H,1,3,6-8,18H2;1H. The minimum Gasteiger partial charge on any atom is -0.334 e. The number of nitrogens with two attached hydrogens (primary N) is 1. The van der Waals surface area contributed by atoms with Gasteiger partial charge in [-0.25, -0.2) is 0 Å². The largest absolute Gasteiger partial charge is 0.334 e. The predicted octanol–water partition coefficient (Wildman–Crippen LogP) is 2.28. The summed E-state index contributed by atoms with van der Waals surface area (Å²) in [5, 5.41) is 3.97. The number of nitrogens with zero attached hydrogens (tertiary/aromatic N) is 3. The monoisotopic (exact) mass is 360 g/mol. The summed E-state index contributed by atoms with van der Waals surface area (Å²) in [6.07, 6.45) is 4.24. The number of halogens is 1. The van der Waals surface area contributed by atoms with Gasteiger partial charge >= 0.3 is 0 Å². The molecule has 25 heavy (non-hydrogen) atoms. The normalized spacial score (nSPS) is 17.7. The lowest BCUT2D eigenvalue weighted by atomic mass is 9.77. The lowest BCUT2D eigenvalue weighted by Gasteiger charge is -2.34. The second-order valence-electron chi connectivity index (χ2n) is 6.20. The molecule has 2 aromatic rings. The Hall–Kier alpha value is -2.51. The van der Waals surface area contributed by atoms with E-state index in [0.29, 0.717) is 28.4 Å². The molecule has 2 heterocycles. The fourth-order valence-electron chi connectivity index (χ4n) is 3.04. The van der Waals surface area contributed by atoms with Crippen LogP contribution in [-0.2, 0) is 5.54 Å². The first kappa shape index (κ1) is 17.3. The summed E-state index contributed by atoms with van der Waals surface area (Å²) < 4.78 is 5.30. The first-order valence-corrected chi connectivity index (χ1v) is 7.78. The van der Waals surface area contributed by atoms with Crippen LogP contribution in [0.15, 0.2) is 35.4 Å². The summed E-state index contributed by atoms with van der Waals surface area (Å²) in [6.45, 7) is 3.75. The van der Waals surface area contributed by atoms with E-state index in [1.54, 1.807) is 18.2 Å². The molecule has 2 aliphatic rings. The lowest BCUT2D eigenvalue weighted by Crippen LogP contribution is -2.44. The topological polar surface area (TPSA) is 102 Å². The van der Waals surface area contributed by atoms with E-state index in [1.807, 2.05) is 0 Å². The summed E-state index contributed by atoms with van der Waals surface area (Å²) in [5.41, 5.74) is 7.00. The molecule has 0 radical (unpaired) electrons. The van der Waals surface area contributed by atoms with Gasteiger partial charge in [0.2, 0.25) is 0 Å². The molecule has 1 aliphatic carbocycles. The fraction of sp³-hybridized carbons (Fsp3) is 0.294. The van der Waals surface area contributed by atoms with Crippen LogP contribution in [0.25, 0.3) is 11.5 Å². The van der Waals surface area contributed by atoms with Crippen LogP contribution < -0.4 is 5.73 Å². The number of rotatable bonds is 4. The van der Waals surface area contributed by atoms with Gasteiger partial charge in [-0.15, -0.1) is 19.0 Å². The first-order chi connectivity index (χ1) is 11.5. The Morgan fingerprint density at radius 1 is 1.28 bits per heavy atom. The molecular weight excluding hydrogens is 344 g/mol. The van der Waals surface area contributed by atoms with E-state index in [0.717, 1.165) is 24.2 Å². The van der Waals surface area contributed by atoms with Crippen molar-refractivity contribution >= 4 is 24.2 Å². The van der Waals surface area contributed by atoms with Crippen molar-refractivity contribution in [3.8, 4) is 11.5 Å². The van der Waals surface area contributed by atoms with Gasteiger partial charge in [0.05, 0.1) is 16.7 Å². The van der Waals surface area contributed by atoms with Crippen LogP contribution in [0.2, 0.25) is 0 Å². The zero-order chi connectivity index (χ0) is 16.9. The molecule has 0 atom stereocenters. The Bertz CT molecular complexity index is 873. The number of carbonyl (C=O) groups is 2. The molecule has 0 spiro atoms. The number of benzene rings is 1. The van der Waals surface area contributed by atoms with Gasteiger partial charge < -0.3 is 10.3 Å². The second kappa shape index (κ2) is 6.09. The molecule has 1 saturated carbocycles. The van der Waals surface area contributed by atoms with Gasteiger partial charge in [-0.3, -0.25) is 14.5 Å². The van der Waals surface area contributed by atoms with Crippen LogP contribution in [0.5, 0.6) is 0 Å². The maximum Gasteiger partial charge on any atom is 0.261 e. The second-order valence-corrected chi connectivity index (χ2v) is 6.20. The van der Waals surface area contributed by atoms with Gasteiger partial charge in [0.25, 0.3) is 17.7 Å². The summed E-state index contributed by atoms with van der Waals surface area (Å²) in [7, 11) is 0. The Kier molecular flexibility index (Phi) is 4.22. The van der Waals surface area contributed by atoms with Crippen molar-refractivity contribution in [1.29, 1.82) is 0 Å². The summed E-state index contributed by atoms with van der Waals surface area (Å²) in [5.74, 6) is 0.126. The minimum atomic E-state index is -0.509. The number of aromatic nitrogens is 2. The lowest BCUT2D eigenvalue weighted by molar-refractivity contribution is 0.0672. The van der Waals surface area contributed by atoms with Crippen LogP contribution in [0.3, 0.4) is 0 Å². The summed E-state index contributed by atoms with van der Waals surface area (Å²) >= 11 is 0. The van der Waals surface area contributed by atoms with E-state index in [2.05, 4.69) is 16.7 Å². The molecule has 0 saturated heterocycles. The van der Waals surface area contributed by atoms with Crippen molar-refractivity contribution < 1.29 is 14.1 Å². The van der Waals surface area contributed by atoms with Crippen molar-refractivity contribution in [2.24, 2.45) is 5.73 Å². The van der Waals surface area contributed by atoms with Crippen LogP contribution in [0.4, 0.5) is 0 Å². The number of hydrogen-bond donors (Lipinski definition) is 1. The van der Waals surface area contributed by atoms with Crippen molar-refractivity contribution in [2.75, 3.05) is 6.54 Å². The summed E-state index contributed by atoms with van der Waals surface area (Å²) in [6, 6.07) is 4.92. The molecule has 7 nitrogen and oxygen atoms in total. The van der Waals surface area contributed by atoms with Gasteiger partial charge in [-0.1, -0.05) is 11.2 Å². The van der Waals surface area contributed by atoms with E-state index >= 15 is 0 Å². The quantitative estimate of drug-likeness (QED) is 0.662. The number of hydrogen-bond acceptors (Lipinski definition) is 6. The average molecular weight is 361 g/mol. The maximum absolute atomic E-state index is 12.4. The molecule has 4 rings (SSSR count). The number of amides is 2. The van der Waals surface area contributed by atoms with E-state index in [-0.39, 0.29) is 30.8 Å². The zero-order valence-electron chi connectivity index (χ0n) is 13.4. The SMILES string of the molecule is C=CCN1C(=O)c2ccc(-c3nc(C4(N)CCC4)no3)cc2C1=O.Cl. The van der Waals surface area contributed by atoms with E-state index < -0.39 is 5.54 Å². The molecule has 0 unspecified atom stereocenters. The number of imide groups is 1. The van der Waals surface area contributed by atoms with Crippen LogP contribution in [0, 0.1) is 0 Å². The van der Waals surface area contributed by atoms with Gasteiger partial charge in [0, 0.05) is 12.1 Å². The van der Waals surface area contributed by atoms with Gasteiger partial charge in [-0.05, 0) is 37.5 Å². The van der Waals surface area contributed by atoms with Crippen LogP contribution >= 0.6 is 12.4 Å². The molecule has 2 amide bonds. The first-order valence-electron chi connectivity index (χ1n) is 7.78. The number of fused-ring (bicyclic) bond motifs is 1. The van der Waals surface area contributed by atoms with Crippen molar-refractivity contribution in [1.82, 2.24) is 15.0 Å². The molecule has 2 N–H and O–H groups in total. The highest BCUT2D eigenvalue weighted by Crippen LogP contribution is 2.38. The molecule has 0 bridgehead atoms. The Morgan fingerprint density at radius 2 is 2.00 bits per heavy atom. The Labute approximate surface area is 150 Å². The zero-order valence-corrected chi connectivity index (χ0v) is 14.2. The molecule has 130 valence electrons. The molecular formula is C17H17ClN4O3. The van der Waals surface area contributed by atoms with Gasteiger partial charge in [0.15, 0.2) is 5.82 Å². The molecule has 1 aromatic carbocycles. The van der Waals surface area contributed by atoms with E-state index in [4.69, 9.17) is 10.3 Å². The fourth-order valence-corrected chi connectivity index (χ4v) is 3.04. The highest BCUT2D eigenvalue weighted by molar-refractivity contribution is 6.21. The van der Waals surface area contributed by atoms with Crippen molar-refractivity contribution in [3.05, 3.63) is 47.8 Å². The van der Waals surface area contributed by atoms with E-state index in [1.165, 1.54) is 6.08 Å². The predicted molar refractivity (Wildman–Crippen MR) is 92.3 cm³/mol. The van der Waals surface area contributed by atoms with E-state index in [9.17, 15) is 9.59 Å². The third-order valence-corrected chi connectivity index (χ3v) is 4.65. The minimum absolute atomic E-state index is 0. The third-order valence-electron chi connectivity index (χ3n) is 4.65. The van der Waals surface area contributed by atoms with Gasteiger partial charge in [-0.2, -0.15) is 4.98 Å². The van der Waals surface area contributed by atoms with Crippen molar-refractivity contribution in [3.63, 3.8) is 0 Å². The number of carbonyl (C=O) groups excluding carboxylic acids is 2. The van der Waals surface area contributed by atoms with Crippen molar-refractivity contribution in [2.45, 2.75) is 24.8 Å².